The fraction of sp³-hybridized carbons (Fsp3) is 0.194. The van der Waals surface area contributed by atoms with E-state index in [0.29, 0.717) is 11.3 Å². The molecule has 1 aliphatic heterocycles. The third-order valence-corrected chi connectivity index (χ3v) is 6.77. The summed E-state index contributed by atoms with van der Waals surface area (Å²) in [7, 11) is 2.08. The van der Waals surface area contributed by atoms with Gasteiger partial charge in [-0.1, -0.05) is 11.8 Å². The van der Waals surface area contributed by atoms with E-state index in [-0.39, 0.29) is 34.5 Å². The highest BCUT2D eigenvalue weighted by Crippen LogP contribution is 2.31. The van der Waals surface area contributed by atoms with Crippen molar-refractivity contribution in [3.8, 4) is 29.0 Å². The number of nitrogen functional groups attached to an aromatic ring is 1. The van der Waals surface area contributed by atoms with Gasteiger partial charge in [0.25, 0.3) is 11.5 Å². The van der Waals surface area contributed by atoms with Crippen molar-refractivity contribution in [2.24, 2.45) is 5.92 Å². The Morgan fingerprint density at radius 2 is 1.83 bits per heavy atom. The van der Waals surface area contributed by atoms with Gasteiger partial charge in [-0.25, -0.2) is 13.8 Å². The summed E-state index contributed by atoms with van der Waals surface area (Å²) in [4.78, 5) is 32.2. The average Bonchev–Trinajstić information content (AvgIpc) is 2.96. The number of nitrogens with one attached hydrogen (secondary N) is 1. The van der Waals surface area contributed by atoms with Crippen molar-refractivity contribution in [1.82, 2.24) is 14.5 Å². The molecule has 3 N–H and O–H groups in total. The van der Waals surface area contributed by atoms with Crippen LogP contribution >= 0.6 is 0 Å². The van der Waals surface area contributed by atoms with Crippen LogP contribution in [0.3, 0.4) is 0 Å². The molecule has 4 aromatic rings. The number of aromatic nitrogens is 2. The zero-order chi connectivity index (χ0) is 28.9. The minimum atomic E-state index is -0.746. The Balaban J connectivity index is 1.32. The fourth-order valence-corrected chi connectivity index (χ4v) is 4.45. The van der Waals surface area contributed by atoms with Crippen molar-refractivity contribution in [1.29, 1.82) is 0 Å². The van der Waals surface area contributed by atoms with Crippen molar-refractivity contribution >= 4 is 17.4 Å². The van der Waals surface area contributed by atoms with Gasteiger partial charge in [0, 0.05) is 41.8 Å². The quantitative estimate of drug-likeness (QED) is 0.342. The number of rotatable bonds is 5. The number of hydrogen-bond acceptors (Lipinski definition) is 6. The monoisotopic (exact) mass is 555 g/mol. The van der Waals surface area contributed by atoms with Crippen molar-refractivity contribution in [3.05, 3.63) is 106 Å². The maximum absolute atomic E-state index is 15.1. The van der Waals surface area contributed by atoms with Gasteiger partial charge in [0.15, 0.2) is 11.6 Å². The van der Waals surface area contributed by atoms with Crippen LogP contribution in [0.4, 0.5) is 20.3 Å². The van der Waals surface area contributed by atoms with E-state index in [1.807, 2.05) is 0 Å². The van der Waals surface area contributed by atoms with E-state index < -0.39 is 23.1 Å². The number of likely N-dealkylation sites (tertiary alicyclic amines) is 1. The highest BCUT2D eigenvalue weighted by atomic mass is 19.1. The van der Waals surface area contributed by atoms with Crippen LogP contribution < -0.4 is 21.3 Å². The van der Waals surface area contributed by atoms with Crippen LogP contribution in [0, 0.1) is 29.4 Å². The van der Waals surface area contributed by atoms with Crippen LogP contribution in [-0.4, -0.2) is 40.5 Å². The normalized spacial score (nSPS) is 13.7. The van der Waals surface area contributed by atoms with Crippen LogP contribution in [0.2, 0.25) is 0 Å². The molecule has 1 aliphatic rings. The lowest BCUT2D eigenvalue weighted by Gasteiger charge is -2.25. The third kappa shape index (κ3) is 6.42. The molecule has 1 amide bonds. The highest BCUT2D eigenvalue weighted by molar-refractivity contribution is 6.04. The average molecular weight is 556 g/mol. The molecule has 208 valence electrons. The number of anilines is 2. The zero-order valence-electron chi connectivity index (χ0n) is 22.2. The third-order valence-electron chi connectivity index (χ3n) is 6.77. The molecule has 41 heavy (non-hydrogen) atoms. The van der Waals surface area contributed by atoms with Crippen molar-refractivity contribution in [3.63, 3.8) is 0 Å². The Hall–Kier alpha value is -5.01. The van der Waals surface area contributed by atoms with E-state index >= 15 is 4.39 Å². The Bertz CT molecular complexity index is 1700. The molecule has 1 saturated heterocycles. The second-order valence-corrected chi connectivity index (χ2v) is 9.69. The maximum Gasteiger partial charge on any atom is 0.267 e. The minimum Gasteiger partial charge on any atom is -0.453 e. The second-order valence-electron chi connectivity index (χ2n) is 9.69. The molecule has 5 rings (SSSR count). The van der Waals surface area contributed by atoms with Crippen molar-refractivity contribution < 1.29 is 18.3 Å². The Morgan fingerprint density at radius 3 is 2.56 bits per heavy atom. The number of benzene rings is 2. The van der Waals surface area contributed by atoms with E-state index in [0.717, 1.165) is 32.0 Å². The second kappa shape index (κ2) is 12.0. The van der Waals surface area contributed by atoms with Crippen LogP contribution in [0.25, 0.3) is 5.69 Å². The number of ether oxygens (including phenoxy) is 1. The van der Waals surface area contributed by atoms with Crippen molar-refractivity contribution in [2.75, 3.05) is 31.2 Å². The number of pyridine rings is 2. The molecule has 2 aromatic carbocycles. The summed E-state index contributed by atoms with van der Waals surface area (Å²) in [5, 5.41) is 2.54. The topological polar surface area (TPSA) is 102 Å². The zero-order valence-corrected chi connectivity index (χ0v) is 22.2. The standard InChI is InChI=1S/C31H27F2N5O3/c1-37-17-13-20(14-18-37)4-10-24-27(12-15-35-29(24)34)41-28-11-7-22(19-26(28)33)36-30(39)25-3-2-16-38(31(25)40)23-8-5-21(32)6-9-23/h2-3,5-9,11-12,15-16,19-20H,13-14,17-18H2,1H3,(H2,34,35)(H,36,39). The molecule has 3 heterocycles. The Morgan fingerprint density at radius 1 is 1.07 bits per heavy atom. The summed E-state index contributed by atoms with van der Waals surface area (Å²) < 4.78 is 35.4. The predicted molar refractivity (Wildman–Crippen MR) is 152 cm³/mol. The van der Waals surface area contributed by atoms with Crippen LogP contribution in [0.15, 0.2) is 77.9 Å². The first-order valence-corrected chi connectivity index (χ1v) is 13.0. The lowest BCUT2D eigenvalue weighted by atomic mass is 9.97. The number of halogens is 2. The minimum absolute atomic E-state index is 0.102. The Kier molecular flexibility index (Phi) is 8.08. The van der Waals surface area contributed by atoms with Gasteiger partial charge >= 0.3 is 0 Å². The molecular weight excluding hydrogens is 528 g/mol. The highest BCUT2D eigenvalue weighted by Gasteiger charge is 2.17. The number of hydrogen-bond donors (Lipinski definition) is 2. The molecule has 10 heteroatoms. The first-order chi connectivity index (χ1) is 19.8. The number of nitrogens with zero attached hydrogens (tertiary/aromatic N) is 3. The first kappa shape index (κ1) is 27.6. The molecule has 0 spiro atoms. The van der Waals surface area contributed by atoms with E-state index in [1.165, 1.54) is 65.5 Å². The van der Waals surface area contributed by atoms with Gasteiger partial charge in [0.2, 0.25) is 0 Å². The summed E-state index contributed by atoms with van der Waals surface area (Å²) in [6.07, 6.45) is 4.82. The number of piperidine rings is 1. The summed E-state index contributed by atoms with van der Waals surface area (Å²) >= 11 is 0. The number of carbonyl (C=O) groups is 1. The molecule has 1 fully saturated rings. The Labute approximate surface area is 235 Å². The SMILES string of the molecule is CN1CCC(C#Cc2c(Oc3ccc(NC(=O)c4cccn(-c5ccc(F)cc5)c4=O)cc3F)ccnc2N)CC1. The van der Waals surface area contributed by atoms with Gasteiger partial charge in [-0.15, -0.1) is 0 Å². The molecule has 0 unspecified atom stereocenters. The van der Waals surface area contributed by atoms with Crippen LogP contribution in [0.1, 0.15) is 28.8 Å². The molecule has 0 atom stereocenters. The summed E-state index contributed by atoms with van der Waals surface area (Å²) in [5.41, 5.74) is 6.18. The molecule has 0 radical (unpaired) electrons. The maximum atomic E-state index is 15.1. The van der Waals surface area contributed by atoms with E-state index in [2.05, 4.69) is 34.1 Å². The van der Waals surface area contributed by atoms with Gasteiger partial charge in [-0.2, -0.15) is 0 Å². The molecule has 0 aliphatic carbocycles. The number of nitrogens with two attached hydrogens (primary N) is 1. The molecular formula is C31H27F2N5O3. The molecule has 0 bridgehead atoms. The molecule has 8 nitrogen and oxygen atoms in total. The predicted octanol–water partition coefficient (Wildman–Crippen LogP) is 4.83. The fourth-order valence-electron chi connectivity index (χ4n) is 4.45. The lowest BCUT2D eigenvalue weighted by molar-refractivity contribution is 0.102. The van der Waals surface area contributed by atoms with Gasteiger partial charge in [-0.3, -0.25) is 14.2 Å². The van der Waals surface area contributed by atoms with Gasteiger partial charge < -0.3 is 20.7 Å². The largest absolute Gasteiger partial charge is 0.453 e. The van der Waals surface area contributed by atoms with E-state index in [9.17, 15) is 14.0 Å². The summed E-state index contributed by atoms with van der Waals surface area (Å²) in [6.45, 7) is 1.93. The van der Waals surface area contributed by atoms with Crippen molar-refractivity contribution in [2.45, 2.75) is 12.8 Å². The molecule has 0 saturated carbocycles. The van der Waals surface area contributed by atoms with E-state index in [4.69, 9.17) is 10.5 Å². The summed E-state index contributed by atoms with van der Waals surface area (Å²) in [6, 6.07) is 13.6. The van der Waals surface area contributed by atoms with E-state index in [1.54, 1.807) is 6.07 Å². The van der Waals surface area contributed by atoms with Gasteiger partial charge in [0.05, 0.1) is 0 Å². The molecule has 2 aromatic heterocycles. The number of carbonyl (C=O) groups excluding carboxylic acids is 1. The van der Waals surface area contributed by atoms with Gasteiger partial charge in [0.1, 0.15) is 28.5 Å². The first-order valence-electron chi connectivity index (χ1n) is 13.0. The van der Waals surface area contributed by atoms with Crippen LogP contribution in [-0.2, 0) is 0 Å². The summed E-state index contributed by atoms with van der Waals surface area (Å²) in [5.74, 6) is 4.96. The van der Waals surface area contributed by atoms with Gasteiger partial charge in [-0.05, 0) is 81.5 Å². The van der Waals surface area contributed by atoms with Crippen LogP contribution in [0.5, 0.6) is 11.5 Å². The number of amides is 1. The smallest absolute Gasteiger partial charge is 0.267 e. The lowest BCUT2D eigenvalue weighted by Crippen LogP contribution is -2.29.